The third-order valence-electron chi connectivity index (χ3n) is 2.29. The summed E-state index contributed by atoms with van der Waals surface area (Å²) >= 11 is 0. The number of nitrogens with two attached hydrogens (primary N) is 1. The first-order valence-corrected chi connectivity index (χ1v) is 4.76. The Bertz CT molecular complexity index is 412. The van der Waals surface area contributed by atoms with Gasteiger partial charge in [0, 0.05) is 12.0 Å². The van der Waals surface area contributed by atoms with E-state index in [0.717, 1.165) is 11.3 Å². The first-order valence-electron chi connectivity index (χ1n) is 4.76. The lowest BCUT2D eigenvalue weighted by atomic mass is 10.0. The van der Waals surface area contributed by atoms with Crippen LogP contribution in [0.15, 0.2) is 18.2 Å². The Kier molecular flexibility index (Phi) is 2.07. The van der Waals surface area contributed by atoms with Crippen molar-refractivity contribution in [3.8, 4) is 11.5 Å². The van der Waals surface area contributed by atoms with E-state index in [1.807, 2.05) is 19.9 Å². The summed E-state index contributed by atoms with van der Waals surface area (Å²) in [5, 5.41) is 0. The molecule has 1 aromatic carbocycles. The largest absolute Gasteiger partial charge is 0.487 e. The van der Waals surface area contributed by atoms with Crippen LogP contribution in [0.2, 0.25) is 0 Å². The van der Waals surface area contributed by atoms with Gasteiger partial charge in [-0.05, 0) is 26.0 Å². The maximum absolute atomic E-state index is 10.7. The molecule has 0 radical (unpaired) electrons. The summed E-state index contributed by atoms with van der Waals surface area (Å²) in [4.78, 5) is 10.7. The molecule has 0 saturated carbocycles. The summed E-state index contributed by atoms with van der Waals surface area (Å²) < 4.78 is 10.6. The van der Waals surface area contributed by atoms with E-state index in [-0.39, 0.29) is 5.60 Å². The molecule has 0 atom stereocenters. The molecule has 2 rings (SSSR count). The van der Waals surface area contributed by atoms with Crippen molar-refractivity contribution in [1.82, 2.24) is 0 Å². The molecule has 4 heteroatoms. The average molecular weight is 207 g/mol. The highest BCUT2D eigenvalue weighted by atomic mass is 16.6. The lowest BCUT2D eigenvalue weighted by Gasteiger charge is -2.16. The van der Waals surface area contributed by atoms with Gasteiger partial charge in [0.05, 0.1) is 0 Å². The molecule has 1 heterocycles. The third-order valence-corrected chi connectivity index (χ3v) is 2.29. The molecule has 0 aromatic heterocycles. The van der Waals surface area contributed by atoms with Gasteiger partial charge in [0.2, 0.25) is 0 Å². The van der Waals surface area contributed by atoms with Crippen molar-refractivity contribution in [2.75, 3.05) is 0 Å². The van der Waals surface area contributed by atoms with Gasteiger partial charge in [-0.2, -0.15) is 0 Å². The molecule has 2 N–H and O–H groups in total. The number of carbonyl (C=O) groups excluding carboxylic acids is 1. The van der Waals surface area contributed by atoms with Gasteiger partial charge in [-0.1, -0.05) is 6.07 Å². The second kappa shape index (κ2) is 3.15. The molecule has 0 unspecified atom stereocenters. The van der Waals surface area contributed by atoms with E-state index >= 15 is 0 Å². The van der Waals surface area contributed by atoms with Gasteiger partial charge in [-0.3, -0.25) is 0 Å². The summed E-state index contributed by atoms with van der Waals surface area (Å²) in [6, 6.07) is 5.35. The first kappa shape index (κ1) is 9.83. The summed E-state index contributed by atoms with van der Waals surface area (Å²) in [7, 11) is 0. The summed E-state index contributed by atoms with van der Waals surface area (Å²) in [5.41, 5.74) is 5.64. The number of ether oxygens (including phenoxy) is 2. The second-order valence-electron chi connectivity index (χ2n) is 4.19. The Morgan fingerprint density at radius 1 is 1.53 bits per heavy atom. The number of fused-ring (bicyclic) bond motifs is 1. The van der Waals surface area contributed by atoms with Gasteiger partial charge in [0.25, 0.3) is 0 Å². The van der Waals surface area contributed by atoms with Crippen LogP contribution in [-0.4, -0.2) is 11.7 Å². The molecule has 80 valence electrons. The smallest absolute Gasteiger partial charge is 0.409 e. The van der Waals surface area contributed by atoms with Gasteiger partial charge in [-0.15, -0.1) is 0 Å². The molecular weight excluding hydrogens is 194 g/mol. The highest BCUT2D eigenvalue weighted by molar-refractivity contribution is 5.69. The fourth-order valence-electron chi connectivity index (χ4n) is 1.78. The minimum atomic E-state index is -0.798. The van der Waals surface area contributed by atoms with Crippen LogP contribution in [0.25, 0.3) is 0 Å². The normalized spacial score (nSPS) is 16.7. The molecule has 0 saturated heterocycles. The Balaban J connectivity index is 2.37. The number of hydrogen-bond donors (Lipinski definition) is 1. The molecule has 0 fully saturated rings. The van der Waals surface area contributed by atoms with E-state index in [2.05, 4.69) is 0 Å². The van der Waals surface area contributed by atoms with Crippen LogP contribution in [0.5, 0.6) is 11.5 Å². The standard InChI is InChI=1S/C11H13NO3/c1-11(2)6-7-8(14-10(12)13)4-3-5-9(7)15-11/h3-5H,6H2,1-2H3,(H2,12,13). The minimum Gasteiger partial charge on any atom is -0.487 e. The molecule has 15 heavy (non-hydrogen) atoms. The molecule has 4 nitrogen and oxygen atoms in total. The SMILES string of the molecule is CC1(C)Cc2c(OC(N)=O)cccc2O1. The minimum absolute atomic E-state index is 0.251. The fraction of sp³-hybridized carbons (Fsp3) is 0.364. The number of hydrogen-bond acceptors (Lipinski definition) is 3. The number of amides is 1. The van der Waals surface area contributed by atoms with Crippen molar-refractivity contribution in [2.24, 2.45) is 5.73 Å². The van der Waals surface area contributed by atoms with Crippen LogP contribution in [0, 0.1) is 0 Å². The summed E-state index contributed by atoms with van der Waals surface area (Å²) in [6.45, 7) is 3.97. The number of carbonyl (C=O) groups is 1. The monoisotopic (exact) mass is 207 g/mol. The lowest BCUT2D eigenvalue weighted by molar-refractivity contribution is 0.138. The Morgan fingerprint density at radius 3 is 2.93 bits per heavy atom. The zero-order valence-corrected chi connectivity index (χ0v) is 8.74. The highest BCUT2D eigenvalue weighted by Crippen LogP contribution is 2.40. The van der Waals surface area contributed by atoms with Gasteiger partial charge < -0.3 is 15.2 Å². The van der Waals surface area contributed by atoms with Crippen molar-refractivity contribution in [3.05, 3.63) is 23.8 Å². The second-order valence-corrected chi connectivity index (χ2v) is 4.19. The van der Waals surface area contributed by atoms with Crippen LogP contribution < -0.4 is 15.2 Å². The molecule has 1 aromatic rings. The molecule has 0 aliphatic carbocycles. The first-order chi connectivity index (χ1) is 6.98. The van der Waals surface area contributed by atoms with Gasteiger partial charge in [0.1, 0.15) is 17.1 Å². The average Bonchev–Trinajstić information content (AvgIpc) is 2.39. The van der Waals surface area contributed by atoms with Crippen molar-refractivity contribution < 1.29 is 14.3 Å². The molecule has 1 aliphatic heterocycles. The molecule has 1 aliphatic rings. The van der Waals surface area contributed by atoms with Crippen molar-refractivity contribution >= 4 is 6.09 Å². The van der Waals surface area contributed by atoms with Crippen molar-refractivity contribution in [2.45, 2.75) is 25.9 Å². The Labute approximate surface area is 88.0 Å². The van der Waals surface area contributed by atoms with E-state index < -0.39 is 6.09 Å². The predicted molar refractivity (Wildman–Crippen MR) is 55.1 cm³/mol. The van der Waals surface area contributed by atoms with Crippen LogP contribution in [0.4, 0.5) is 4.79 Å². The van der Waals surface area contributed by atoms with Gasteiger partial charge in [-0.25, -0.2) is 4.79 Å². The number of benzene rings is 1. The highest BCUT2D eigenvalue weighted by Gasteiger charge is 2.32. The Morgan fingerprint density at radius 2 is 2.27 bits per heavy atom. The van der Waals surface area contributed by atoms with E-state index in [1.165, 1.54) is 0 Å². The maximum Gasteiger partial charge on any atom is 0.409 e. The quantitative estimate of drug-likeness (QED) is 0.764. The number of rotatable bonds is 1. The van der Waals surface area contributed by atoms with Crippen molar-refractivity contribution in [3.63, 3.8) is 0 Å². The Hall–Kier alpha value is -1.71. The van der Waals surface area contributed by atoms with Crippen LogP contribution in [-0.2, 0) is 6.42 Å². The van der Waals surface area contributed by atoms with Gasteiger partial charge >= 0.3 is 6.09 Å². The molecular formula is C11H13NO3. The molecule has 1 amide bonds. The molecule has 0 spiro atoms. The van der Waals surface area contributed by atoms with Crippen LogP contribution in [0.1, 0.15) is 19.4 Å². The topological polar surface area (TPSA) is 61.5 Å². The summed E-state index contributed by atoms with van der Waals surface area (Å²) in [5.74, 6) is 1.25. The maximum atomic E-state index is 10.7. The third kappa shape index (κ3) is 1.88. The molecule has 0 bridgehead atoms. The van der Waals surface area contributed by atoms with E-state index in [4.69, 9.17) is 15.2 Å². The number of primary amides is 1. The van der Waals surface area contributed by atoms with E-state index in [1.54, 1.807) is 12.1 Å². The summed E-state index contributed by atoms with van der Waals surface area (Å²) in [6.07, 6.45) is -0.0840. The van der Waals surface area contributed by atoms with Crippen LogP contribution >= 0.6 is 0 Å². The fourth-order valence-corrected chi connectivity index (χ4v) is 1.78. The van der Waals surface area contributed by atoms with Crippen LogP contribution in [0.3, 0.4) is 0 Å². The zero-order valence-electron chi connectivity index (χ0n) is 8.74. The predicted octanol–water partition coefficient (Wildman–Crippen LogP) is 1.86. The van der Waals surface area contributed by atoms with E-state index in [9.17, 15) is 4.79 Å². The van der Waals surface area contributed by atoms with Gasteiger partial charge in [0.15, 0.2) is 0 Å². The van der Waals surface area contributed by atoms with Crippen molar-refractivity contribution in [1.29, 1.82) is 0 Å². The lowest BCUT2D eigenvalue weighted by Crippen LogP contribution is -2.25. The zero-order chi connectivity index (χ0) is 11.1. The van der Waals surface area contributed by atoms with E-state index in [0.29, 0.717) is 12.2 Å².